The van der Waals surface area contributed by atoms with Crippen LogP contribution in [0.15, 0.2) is 18.2 Å². The first kappa shape index (κ1) is 12.9. The van der Waals surface area contributed by atoms with E-state index in [2.05, 4.69) is 10.6 Å². The molecule has 0 atom stereocenters. The van der Waals surface area contributed by atoms with Crippen LogP contribution in [0.3, 0.4) is 0 Å². The van der Waals surface area contributed by atoms with Crippen molar-refractivity contribution in [3.05, 3.63) is 28.8 Å². The second kappa shape index (κ2) is 5.37. The number of carbonyl (C=O) groups is 2. The number of nitrogens with one attached hydrogen (secondary N) is 2. The smallest absolute Gasteiger partial charge is 0.250 e. The highest BCUT2D eigenvalue weighted by atomic mass is 35.5. The molecule has 1 heterocycles. The quantitative estimate of drug-likeness (QED) is 0.760. The number of benzene rings is 1. The van der Waals surface area contributed by atoms with Crippen molar-refractivity contribution in [1.82, 2.24) is 5.32 Å². The molecule has 96 valence electrons. The summed E-state index contributed by atoms with van der Waals surface area (Å²) in [6, 6.07) is 4.65. The SMILES string of the molecule is NC(=O)c1ccc(NC(=O)CC2CNC2)cc1Cl. The molecule has 2 rings (SSSR count). The summed E-state index contributed by atoms with van der Waals surface area (Å²) in [7, 11) is 0. The largest absolute Gasteiger partial charge is 0.366 e. The molecule has 1 aliphatic heterocycles. The number of carbonyl (C=O) groups excluding carboxylic acids is 2. The highest BCUT2D eigenvalue weighted by Crippen LogP contribution is 2.21. The second-order valence-corrected chi connectivity index (χ2v) is 4.74. The number of rotatable bonds is 4. The van der Waals surface area contributed by atoms with E-state index in [1.54, 1.807) is 6.07 Å². The highest BCUT2D eigenvalue weighted by molar-refractivity contribution is 6.34. The van der Waals surface area contributed by atoms with Crippen LogP contribution < -0.4 is 16.4 Å². The van der Waals surface area contributed by atoms with Gasteiger partial charge >= 0.3 is 0 Å². The Morgan fingerprint density at radius 1 is 1.44 bits per heavy atom. The van der Waals surface area contributed by atoms with Crippen LogP contribution in [0.2, 0.25) is 5.02 Å². The standard InChI is InChI=1S/C12H14ClN3O2/c13-10-4-8(1-2-9(10)12(14)18)16-11(17)3-7-5-15-6-7/h1-2,4,7,15H,3,5-6H2,(H2,14,18)(H,16,17). The Morgan fingerprint density at radius 3 is 2.67 bits per heavy atom. The Labute approximate surface area is 110 Å². The Bertz CT molecular complexity index is 486. The van der Waals surface area contributed by atoms with Crippen molar-refractivity contribution in [3.8, 4) is 0 Å². The van der Waals surface area contributed by atoms with Crippen LogP contribution >= 0.6 is 11.6 Å². The van der Waals surface area contributed by atoms with Crippen LogP contribution in [-0.4, -0.2) is 24.9 Å². The minimum Gasteiger partial charge on any atom is -0.366 e. The zero-order valence-electron chi connectivity index (χ0n) is 9.70. The number of hydrogen-bond acceptors (Lipinski definition) is 3. The summed E-state index contributed by atoms with van der Waals surface area (Å²) in [6.45, 7) is 1.77. The third kappa shape index (κ3) is 3.00. The summed E-state index contributed by atoms with van der Waals surface area (Å²) < 4.78 is 0. The number of halogens is 1. The monoisotopic (exact) mass is 267 g/mol. The van der Waals surface area contributed by atoms with Crippen molar-refractivity contribution in [2.24, 2.45) is 11.7 Å². The third-order valence-corrected chi connectivity index (χ3v) is 3.17. The molecule has 0 spiro atoms. The van der Waals surface area contributed by atoms with Crippen LogP contribution in [0.25, 0.3) is 0 Å². The lowest BCUT2D eigenvalue weighted by atomic mass is 9.99. The number of nitrogens with two attached hydrogens (primary N) is 1. The lowest BCUT2D eigenvalue weighted by molar-refractivity contribution is -0.117. The van der Waals surface area contributed by atoms with Crippen LogP contribution in [0, 0.1) is 5.92 Å². The predicted molar refractivity (Wildman–Crippen MR) is 69.6 cm³/mol. The number of amides is 2. The molecule has 0 unspecified atom stereocenters. The van der Waals surface area contributed by atoms with E-state index in [9.17, 15) is 9.59 Å². The Hall–Kier alpha value is -1.59. The average molecular weight is 268 g/mol. The maximum atomic E-state index is 11.7. The van der Waals surface area contributed by atoms with Crippen LogP contribution in [0.1, 0.15) is 16.8 Å². The van der Waals surface area contributed by atoms with Gasteiger partial charge in [0, 0.05) is 12.1 Å². The van der Waals surface area contributed by atoms with Crippen LogP contribution in [-0.2, 0) is 4.79 Å². The molecule has 1 aromatic rings. The normalized spacial score (nSPS) is 14.9. The highest BCUT2D eigenvalue weighted by Gasteiger charge is 2.20. The van der Waals surface area contributed by atoms with Crippen LogP contribution in [0.4, 0.5) is 5.69 Å². The van der Waals surface area contributed by atoms with Gasteiger partial charge in [-0.1, -0.05) is 11.6 Å². The van der Waals surface area contributed by atoms with Gasteiger partial charge in [-0.15, -0.1) is 0 Å². The zero-order valence-corrected chi connectivity index (χ0v) is 10.5. The van der Waals surface area contributed by atoms with Gasteiger partial charge in [-0.25, -0.2) is 0 Å². The maximum Gasteiger partial charge on any atom is 0.250 e. The van der Waals surface area contributed by atoms with E-state index in [4.69, 9.17) is 17.3 Å². The van der Waals surface area contributed by atoms with Gasteiger partial charge < -0.3 is 16.4 Å². The van der Waals surface area contributed by atoms with Gasteiger partial charge in [0.1, 0.15) is 0 Å². The molecule has 1 aliphatic rings. The summed E-state index contributed by atoms with van der Waals surface area (Å²) in [5, 5.41) is 6.09. The minimum absolute atomic E-state index is 0.0515. The van der Waals surface area contributed by atoms with E-state index < -0.39 is 5.91 Å². The Morgan fingerprint density at radius 2 is 2.17 bits per heavy atom. The number of hydrogen-bond donors (Lipinski definition) is 3. The van der Waals surface area contributed by atoms with Crippen molar-refractivity contribution in [3.63, 3.8) is 0 Å². The lowest BCUT2D eigenvalue weighted by Gasteiger charge is -2.26. The molecule has 0 aromatic heterocycles. The number of primary amides is 1. The fourth-order valence-electron chi connectivity index (χ4n) is 1.76. The summed E-state index contributed by atoms with van der Waals surface area (Å²) in [6.07, 6.45) is 0.488. The molecular weight excluding hydrogens is 254 g/mol. The fraction of sp³-hybridized carbons (Fsp3) is 0.333. The van der Waals surface area contributed by atoms with Gasteiger partial charge in [0.25, 0.3) is 0 Å². The van der Waals surface area contributed by atoms with Gasteiger partial charge in [0.15, 0.2) is 0 Å². The summed E-state index contributed by atoms with van der Waals surface area (Å²) in [5.74, 6) is -0.229. The van der Waals surface area contributed by atoms with Gasteiger partial charge in [0.05, 0.1) is 10.6 Å². The van der Waals surface area contributed by atoms with E-state index in [-0.39, 0.29) is 16.5 Å². The summed E-state index contributed by atoms with van der Waals surface area (Å²) >= 11 is 5.89. The topological polar surface area (TPSA) is 84.2 Å². The van der Waals surface area contributed by atoms with Crippen molar-refractivity contribution < 1.29 is 9.59 Å². The van der Waals surface area contributed by atoms with Gasteiger partial charge in [-0.3, -0.25) is 9.59 Å². The van der Waals surface area contributed by atoms with E-state index in [0.717, 1.165) is 13.1 Å². The van der Waals surface area contributed by atoms with Crippen molar-refractivity contribution in [2.45, 2.75) is 6.42 Å². The Balaban J connectivity index is 1.98. The van der Waals surface area contributed by atoms with Crippen molar-refractivity contribution in [2.75, 3.05) is 18.4 Å². The Kier molecular flexibility index (Phi) is 3.84. The zero-order chi connectivity index (χ0) is 13.1. The van der Waals surface area contributed by atoms with Gasteiger partial charge in [-0.05, 0) is 37.2 Å². The number of anilines is 1. The lowest BCUT2D eigenvalue weighted by Crippen LogP contribution is -2.43. The summed E-state index contributed by atoms with van der Waals surface area (Å²) in [5.41, 5.74) is 5.96. The molecule has 4 N–H and O–H groups in total. The molecule has 1 aromatic carbocycles. The third-order valence-electron chi connectivity index (χ3n) is 2.86. The molecule has 0 aliphatic carbocycles. The molecule has 0 bridgehead atoms. The molecule has 0 radical (unpaired) electrons. The van der Waals surface area contributed by atoms with Crippen molar-refractivity contribution >= 4 is 29.1 Å². The molecule has 1 fully saturated rings. The fourth-order valence-corrected chi connectivity index (χ4v) is 2.03. The van der Waals surface area contributed by atoms with E-state index >= 15 is 0 Å². The molecule has 18 heavy (non-hydrogen) atoms. The van der Waals surface area contributed by atoms with Crippen LogP contribution in [0.5, 0.6) is 0 Å². The first-order valence-corrected chi connectivity index (χ1v) is 6.04. The van der Waals surface area contributed by atoms with Gasteiger partial charge in [-0.2, -0.15) is 0 Å². The molecule has 6 heteroatoms. The minimum atomic E-state index is -0.585. The van der Waals surface area contributed by atoms with E-state index in [1.807, 2.05) is 0 Å². The molecular formula is C12H14ClN3O2. The van der Waals surface area contributed by atoms with E-state index in [1.165, 1.54) is 12.1 Å². The first-order valence-electron chi connectivity index (χ1n) is 5.66. The van der Waals surface area contributed by atoms with Crippen molar-refractivity contribution in [1.29, 1.82) is 0 Å². The second-order valence-electron chi connectivity index (χ2n) is 4.34. The maximum absolute atomic E-state index is 11.7. The summed E-state index contributed by atoms with van der Waals surface area (Å²) in [4.78, 5) is 22.7. The first-order chi connectivity index (χ1) is 8.56. The molecule has 1 saturated heterocycles. The average Bonchev–Trinajstić information content (AvgIpc) is 2.23. The molecule has 0 saturated carbocycles. The predicted octanol–water partition coefficient (Wildman–Crippen LogP) is 0.987. The van der Waals surface area contributed by atoms with Gasteiger partial charge in [0.2, 0.25) is 11.8 Å². The molecule has 2 amide bonds. The molecule has 5 nitrogen and oxygen atoms in total. The van der Waals surface area contributed by atoms with E-state index in [0.29, 0.717) is 18.0 Å².